The zero-order valence-electron chi connectivity index (χ0n) is 10.7. The quantitative estimate of drug-likeness (QED) is 0.236. The minimum Gasteiger partial charge on any atom is -0.409 e. The number of hydrogen-bond acceptors (Lipinski definition) is 3. The summed E-state index contributed by atoms with van der Waals surface area (Å²) < 4.78 is 0.808. The van der Waals surface area contributed by atoms with Crippen molar-refractivity contribution in [1.29, 1.82) is 0 Å². The number of benzene rings is 2. The second kappa shape index (κ2) is 6.77. The van der Waals surface area contributed by atoms with Gasteiger partial charge in [-0.05, 0) is 65.1 Å². The van der Waals surface area contributed by atoms with Gasteiger partial charge in [-0.25, -0.2) is 0 Å². The minimum atomic E-state index is -0.251. The van der Waals surface area contributed by atoms with Crippen molar-refractivity contribution in [1.82, 2.24) is 0 Å². The first-order valence-electron chi connectivity index (χ1n) is 5.85. The molecule has 2 aromatic carbocycles. The van der Waals surface area contributed by atoms with Gasteiger partial charge in [0.05, 0.1) is 5.56 Å². The van der Waals surface area contributed by atoms with E-state index in [1.165, 1.54) is 0 Å². The molecule has 0 aliphatic carbocycles. The van der Waals surface area contributed by atoms with Crippen molar-refractivity contribution in [3.63, 3.8) is 0 Å². The maximum atomic E-state index is 12.2. The van der Waals surface area contributed by atoms with Gasteiger partial charge in [0.1, 0.15) is 0 Å². The number of oxime groups is 1. The highest BCUT2D eigenvalue weighted by atomic mass is 127. The molecular weight excluding hydrogens is 405 g/mol. The number of anilines is 1. The van der Waals surface area contributed by atoms with E-state index in [9.17, 15) is 4.79 Å². The summed E-state index contributed by atoms with van der Waals surface area (Å²) in [7, 11) is 0. The Morgan fingerprint density at radius 1 is 1.24 bits per heavy atom. The highest BCUT2D eigenvalue weighted by Gasteiger charge is 2.11. The average Bonchev–Trinajstić information content (AvgIpc) is 2.49. The molecule has 0 heterocycles. The van der Waals surface area contributed by atoms with Crippen molar-refractivity contribution in [2.45, 2.75) is 0 Å². The molecule has 0 radical (unpaired) electrons. The number of halogens is 2. The van der Waals surface area contributed by atoms with Crippen molar-refractivity contribution in [3.05, 3.63) is 62.2 Å². The largest absolute Gasteiger partial charge is 0.409 e. The molecule has 0 saturated carbocycles. The second-order valence-corrected chi connectivity index (χ2v) is 5.74. The van der Waals surface area contributed by atoms with Gasteiger partial charge in [-0.1, -0.05) is 16.8 Å². The average molecular weight is 416 g/mol. The fourth-order valence-electron chi connectivity index (χ4n) is 1.65. The van der Waals surface area contributed by atoms with Crippen molar-refractivity contribution < 1.29 is 10.0 Å². The lowest BCUT2D eigenvalue weighted by Crippen LogP contribution is -2.15. The van der Waals surface area contributed by atoms with Crippen molar-refractivity contribution in [2.75, 3.05) is 5.32 Å². The van der Waals surface area contributed by atoms with Crippen LogP contribution in [0.5, 0.6) is 0 Å². The molecule has 0 saturated heterocycles. The molecule has 0 unspecified atom stereocenters. The van der Waals surface area contributed by atoms with Gasteiger partial charge in [0.25, 0.3) is 5.91 Å². The lowest BCUT2D eigenvalue weighted by Gasteiger charge is -2.08. The fraction of sp³-hybridized carbons (Fsp3) is 0. The molecule has 0 aliphatic heterocycles. The zero-order valence-corrected chi connectivity index (χ0v) is 13.6. The molecule has 0 atom stereocenters. The third-order valence-corrected chi connectivity index (χ3v) is 3.90. The van der Waals surface area contributed by atoms with Gasteiger partial charge < -0.3 is 16.3 Å². The molecule has 0 aromatic heterocycles. The van der Waals surface area contributed by atoms with Gasteiger partial charge in [-0.3, -0.25) is 4.79 Å². The summed E-state index contributed by atoms with van der Waals surface area (Å²) in [6, 6.07) is 11.8. The molecule has 4 N–H and O–H groups in total. The standard InChI is InChI=1S/C14H11ClIN3O2/c15-9-3-6-12(16)11(7-9)14(20)18-10-4-1-8(2-5-10)13(17)19-21/h1-7,21H,(H2,17,19)(H,18,20). The molecular formula is C14H11ClIN3O2. The summed E-state index contributed by atoms with van der Waals surface area (Å²) in [5, 5.41) is 14.8. The number of nitrogens with zero attached hydrogens (tertiary/aromatic N) is 1. The van der Waals surface area contributed by atoms with Gasteiger partial charge in [0.2, 0.25) is 0 Å². The Kier molecular flexibility index (Phi) is 5.03. The van der Waals surface area contributed by atoms with Gasteiger partial charge >= 0.3 is 0 Å². The van der Waals surface area contributed by atoms with E-state index >= 15 is 0 Å². The van der Waals surface area contributed by atoms with Crippen LogP contribution in [0.2, 0.25) is 5.02 Å². The highest BCUT2D eigenvalue weighted by molar-refractivity contribution is 14.1. The molecule has 1 amide bonds. The van der Waals surface area contributed by atoms with E-state index in [-0.39, 0.29) is 11.7 Å². The van der Waals surface area contributed by atoms with E-state index in [1.54, 1.807) is 42.5 Å². The molecule has 0 bridgehead atoms. The predicted molar refractivity (Wildman–Crippen MR) is 91.1 cm³/mol. The first-order chi connectivity index (χ1) is 10.0. The Morgan fingerprint density at radius 3 is 2.52 bits per heavy atom. The van der Waals surface area contributed by atoms with E-state index < -0.39 is 0 Å². The number of carbonyl (C=O) groups is 1. The second-order valence-electron chi connectivity index (χ2n) is 4.14. The monoisotopic (exact) mass is 415 g/mol. The summed E-state index contributed by atoms with van der Waals surface area (Å²) in [6.45, 7) is 0. The maximum Gasteiger partial charge on any atom is 0.256 e. The number of hydrogen-bond donors (Lipinski definition) is 3. The number of nitrogens with two attached hydrogens (primary N) is 1. The third-order valence-electron chi connectivity index (χ3n) is 2.72. The minimum absolute atomic E-state index is 0.0114. The van der Waals surface area contributed by atoms with Crippen molar-refractivity contribution in [2.24, 2.45) is 10.9 Å². The number of amidine groups is 1. The van der Waals surface area contributed by atoms with Crippen molar-refractivity contribution >= 4 is 51.6 Å². The summed E-state index contributed by atoms with van der Waals surface area (Å²) in [4.78, 5) is 12.2. The summed E-state index contributed by atoms with van der Waals surface area (Å²) in [6.07, 6.45) is 0. The van der Waals surface area contributed by atoms with Crippen LogP contribution < -0.4 is 11.1 Å². The Bertz CT molecular complexity index is 702. The molecule has 0 aliphatic rings. The Labute approximate surface area is 139 Å². The molecule has 21 heavy (non-hydrogen) atoms. The Morgan fingerprint density at radius 2 is 1.90 bits per heavy atom. The van der Waals surface area contributed by atoms with Crippen LogP contribution in [0.4, 0.5) is 5.69 Å². The SMILES string of the molecule is N/C(=N/O)c1ccc(NC(=O)c2cc(Cl)ccc2I)cc1. The van der Waals surface area contributed by atoms with Crippen LogP contribution in [-0.4, -0.2) is 17.0 Å². The van der Waals surface area contributed by atoms with Gasteiger partial charge in [0, 0.05) is 19.8 Å². The van der Waals surface area contributed by atoms with Crippen molar-refractivity contribution in [3.8, 4) is 0 Å². The first-order valence-corrected chi connectivity index (χ1v) is 7.31. The van der Waals surface area contributed by atoms with Gasteiger partial charge in [0.15, 0.2) is 5.84 Å². The smallest absolute Gasteiger partial charge is 0.256 e. The van der Waals surface area contributed by atoms with E-state index in [0.29, 0.717) is 21.8 Å². The summed E-state index contributed by atoms with van der Waals surface area (Å²) >= 11 is 7.98. The molecule has 2 rings (SSSR count). The number of carbonyl (C=O) groups excluding carboxylic acids is 1. The first kappa shape index (κ1) is 15.6. The lowest BCUT2D eigenvalue weighted by molar-refractivity contribution is 0.102. The van der Waals surface area contributed by atoms with Gasteiger partial charge in [-0.15, -0.1) is 0 Å². The molecule has 5 nitrogen and oxygen atoms in total. The zero-order chi connectivity index (χ0) is 15.4. The van der Waals surface area contributed by atoms with Crippen LogP contribution in [-0.2, 0) is 0 Å². The normalized spacial score (nSPS) is 11.2. The third kappa shape index (κ3) is 3.85. The Balaban J connectivity index is 2.18. The lowest BCUT2D eigenvalue weighted by atomic mass is 10.1. The van der Waals surface area contributed by atoms with Crippen LogP contribution in [0.3, 0.4) is 0 Å². The van der Waals surface area contributed by atoms with E-state index in [1.807, 2.05) is 0 Å². The highest BCUT2D eigenvalue weighted by Crippen LogP contribution is 2.19. The van der Waals surface area contributed by atoms with Crippen LogP contribution in [0.1, 0.15) is 15.9 Å². The molecule has 0 spiro atoms. The van der Waals surface area contributed by atoms with E-state index in [4.69, 9.17) is 22.5 Å². The molecule has 2 aromatic rings. The van der Waals surface area contributed by atoms with Crippen LogP contribution in [0, 0.1) is 3.57 Å². The van der Waals surface area contributed by atoms with Crippen LogP contribution in [0.25, 0.3) is 0 Å². The van der Waals surface area contributed by atoms with E-state index in [2.05, 4.69) is 33.1 Å². The number of rotatable bonds is 3. The Hall–Kier alpha value is -1.80. The topological polar surface area (TPSA) is 87.7 Å². The fourth-order valence-corrected chi connectivity index (χ4v) is 2.40. The van der Waals surface area contributed by atoms with Crippen LogP contribution >= 0.6 is 34.2 Å². The maximum absolute atomic E-state index is 12.2. The predicted octanol–water partition coefficient (Wildman–Crippen LogP) is 3.29. The molecule has 7 heteroatoms. The molecule has 0 fully saturated rings. The molecule has 108 valence electrons. The van der Waals surface area contributed by atoms with Crippen LogP contribution in [0.15, 0.2) is 47.6 Å². The summed E-state index contributed by atoms with van der Waals surface area (Å²) in [5.74, 6) is -0.240. The number of amides is 1. The van der Waals surface area contributed by atoms with E-state index in [0.717, 1.165) is 3.57 Å². The van der Waals surface area contributed by atoms with Gasteiger partial charge in [-0.2, -0.15) is 0 Å². The number of nitrogens with one attached hydrogen (secondary N) is 1. The summed E-state index contributed by atoms with van der Waals surface area (Å²) in [5.41, 5.74) is 7.14.